The third-order valence-electron chi connectivity index (χ3n) is 3.94. The Labute approximate surface area is 174 Å². The summed E-state index contributed by atoms with van der Waals surface area (Å²) in [5, 5.41) is 2.39. The molecule has 162 valence electrons. The number of nitrogens with one attached hydrogen (secondary N) is 1. The summed E-state index contributed by atoms with van der Waals surface area (Å²) < 4.78 is 77.5. The maximum absolute atomic E-state index is 12.8. The predicted octanol–water partition coefficient (Wildman–Crippen LogP) is 3.49. The zero-order valence-corrected chi connectivity index (χ0v) is 17.1. The van der Waals surface area contributed by atoms with Gasteiger partial charge in [0.05, 0.1) is 23.4 Å². The van der Waals surface area contributed by atoms with Crippen LogP contribution in [0.3, 0.4) is 0 Å². The highest BCUT2D eigenvalue weighted by atomic mass is 32.2. The summed E-state index contributed by atoms with van der Waals surface area (Å²) in [5.74, 6) is 0.531. The molecule has 0 unspecified atom stereocenters. The van der Waals surface area contributed by atoms with Crippen LogP contribution in [-0.2, 0) is 14.6 Å². The Kier molecular flexibility index (Phi) is 6.36. The third-order valence-corrected chi connectivity index (χ3v) is 6.42. The normalized spacial score (nSPS) is 13.6. The topological polar surface area (TPSA) is 90.9 Å². The van der Waals surface area contributed by atoms with E-state index in [4.69, 9.17) is 14.2 Å². The standard InChI is InChI=1S/C18H16F3NO6S2/c1-26-14-5-3-12(30(24,25)18(19,20)21)9-13(14)22-17(23)10-29-11-2-4-15-16(8-11)28-7-6-27-15/h2-5,8-9H,6-7,10H2,1H3,(H,22,23). The molecule has 0 atom stereocenters. The van der Waals surface area contributed by atoms with Crippen LogP contribution in [0, 0.1) is 0 Å². The van der Waals surface area contributed by atoms with E-state index in [9.17, 15) is 26.4 Å². The van der Waals surface area contributed by atoms with E-state index in [2.05, 4.69) is 5.32 Å². The molecule has 0 spiro atoms. The summed E-state index contributed by atoms with van der Waals surface area (Å²) in [6, 6.07) is 7.69. The van der Waals surface area contributed by atoms with E-state index in [-0.39, 0.29) is 17.2 Å². The van der Waals surface area contributed by atoms with E-state index >= 15 is 0 Å². The number of amides is 1. The molecule has 12 heteroatoms. The van der Waals surface area contributed by atoms with Gasteiger partial charge in [0, 0.05) is 4.90 Å². The van der Waals surface area contributed by atoms with Crippen LogP contribution >= 0.6 is 11.8 Å². The van der Waals surface area contributed by atoms with Crippen LogP contribution in [-0.4, -0.2) is 45.9 Å². The summed E-state index contributed by atoms with van der Waals surface area (Å²) in [4.78, 5) is 12.0. The van der Waals surface area contributed by atoms with Crippen LogP contribution in [0.1, 0.15) is 0 Å². The van der Waals surface area contributed by atoms with Crippen molar-refractivity contribution in [3.05, 3.63) is 36.4 Å². The fourth-order valence-corrected chi connectivity index (χ4v) is 4.05. The first-order valence-corrected chi connectivity index (χ1v) is 10.9. The SMILES string of the molecule is COc1ccc(S(=O)(=O)C(F)(F)F)cc1NC(=O)CSc1ccc2c(c1)OCCO2. The van der Waals surface area contributed by atoms with Gasteiger partial charge in [-0.25, -0.2) is 8.42 Å². The Bertz CT molecular complexity index is 1060. The van der Waals surface area contributed by atoms with Crippen molar-refractivity contribution in [2.24, 2.45) is 0 Å². The van der Waals surface area contributed by atoms with Gasteiger partial charge in [0.15, 0.2) is 11.5 Å². The first-order valence-electron chi connectivity index (χ1n) is 8.43. The van der Waals surface area contributed by atoms with E-state index < -0.39 is 26.1 Å². The van der Waals surface area contributed by atoms with Crippen LogP contribution in [0.25, 0.3) is 0 Å². The highest BCUT2D eigenvalue weighted by Gasteiger charge is 2.47. The molecule has 0 saturated carbocycles. The van der Waals surface area contributed by atoms with Gasteiger partial charge < -0.3 is 19.5 Å². The van der Waals surface area contributed by atoms with Gasteiger partial charge in [-0.2, -0.15) is 13.2 Å². The summed E-state index contributed by atoms with van der Waals surface area (Å²) in [6.45, 7) is 0.866. The number of hydrogen-bond donors (Lipinski definition) is 1. The Hall–Kier alpha value is -2.60. The Morgan fingerprint density at radius 2 is 1.83 bits per heavy atom. The molecule has 0 aromatic heterocycles. The Balaban J connectivity index is 1.72. The average Bonchev–Trinajstić information content (AvgIpc) is 2.71. The van der Waals surface area contributed by atoms with Crippen molar-refractivity contribution in [2.75, 3.05) is 31.4 Å². The molecule has 0 radical (unpaired) electrons. The van der Waals surface area contributed by atoms with Crippen LogP contribution in [0.5, 0.6) is 17.2 Å². The number of carbonyl (C=O) groups is 1. The molecule has 2 aromatic carbocycles. The van der Waals surface area contributed by atoms with Gasteiger partial charge in [-0.15, -0.1) is 11.8 Å². The van der Waals surface area contributed by atoms with Crippen molar-refractivity contribution < 1.29 is 40.6 Å². The third kappa shape index (κ3) is 4.75. The summed E-state index contributed by atoms with van der Waals surface area (Å²) in [7, 11) is -4.32. The first-order chi connectivity index (χ1) is 14.1. The average molecular weight is 463 g/mol. The molecule has 1 aliphatic rings. The van der Waals surface area contributed by atoms with Gasteiger partial charge in [-0.3, -0.25) is 4.79 Å². The maximum Gasteiger partial charge on any atom is 0.501 e. The van der Waals surface area contributed by atoms with E-state index in [1.54, 1.807) is 18.2 Å². The zero-order chi connectivity index (χ0) is 21.9. The van der Waals surface area contributed by atoms with Crippen molar-refractivity contribution in [3.8, 4) is 17.2 Å². The van der Waals surface area contributed by atoms with Gasteiger partial charge in [0.1, 0.15) is 19.0 Å². The number of benzene rings is 2. The number of carbonyl (C=O) groups excluding carboxylic acids is 1. The molecule has 1 N–H and O–H groups in total. The molecule has 0 bridgehead atoms. The van der Waals surface area contributed by atoms with Crippen LogP contribution in [0.15, 0.2) is 46.2 Å². The van der Waals surface area contributed by atoms with Crippen molar-refractivity contribution in [2.45, 2.75) is 15.3 Å². The van der Waals surface area contributed by atoms with Gasteiger partial charge in [0.2, 0.25) is 5.91 Å². The Morgan fingerprint density at radius 1 is 1.13 bits per heavy atom. The van der Waals surface area contributed by atoms with Crippen LogP contribution in [0.2, 0.25) is 0 Å². The molecule has 0 aliphatic carbocycles. The van der Waals surface area contributed by atoms with Gasteiger partial charge in [-0.05, 0) is 36.4 Å². The summed E-state index contributed by atoms with van der Waals surface area (Å²) in [5.41, 5.74) is -5.65. The second-order valence-electron chi connectivity index (χ2n) is 5.95. The number of alkyl halides is 3. The quantitative estimate of drug-likeness (QED) is 0.656. The number of rotatable bonds is 6. The van der Waals surface area contributed by atoms with E-state index in [1.165, 1.54) is 7.11 Å². The molecule has 7 nitrogen and oxygen atoms in total. The second kappa shape index (κ2) is 8.64. The monoisotopic (exact) mass is 463 g/mol. The van der Waals surface area contributed by atoms with Gasteiger partial charge in [0.25, 0.3) is 9.84 Å². The lowest BCUT2D eigenvalue weighted by atomic mass is 10.3. The number of hydrogen-bond acceptors (Lipinski definition) is 7. The van der Waals surface area contributed by atoms with Gasteiger partial charge >= 0.3 is 5.51 Å². The molecule has 3 rings (SSSR count). The maximum atomic E-state index is 12.8. The highest BCUT2D eigenvalue weighted by Crippen LogP contribution is 2.36. The minimum atomic E-state index is -5.56. The van der Waals surface area contributed by atoms with Crippen molar-refractivity contribution in [3.63, 3.8) is 0 Å². The van der Waals surface area contributed by atoms with Crippen molar-refractivity contribution >= 4 is 33.2 Å². The molecule has 1 heterocycles. The van der Waals surface area contributed by atoms with Crippen LogP contribution < -0.4 is 19.5 Å². The number of halogens is 3. The predicted molar refractivity (Wildman–Crippen MR) is 103 cm³/mol. The molecule has 30 heavy (non-hydrogen) atoms. The first kappa shape index (κ1) is 22.1. The van der Waals surface area contributed by atoms with Gasteiger partial charge in [-0.1, -0.05) is 0 Å². The minimum Gasteiger partial charge on any atom is -0.495 e. The number of fused-ring (bicyclic) bond motifs is 1. The number of ether oxygens (including phenoxy) is 3. The van der Waals surface area contributed by atoms with Crippen molar-refractivity contribution in [1.29, 1.82) is 0 Å². The second-order valence-corrected chi connectivity index (χ2v) is 8.94. The Morgan fingerprint density at radius 3 is 2.50 bits per heavy atom. The number of sulfone groups is 1. The van der Waals surface area contributed by atoms with Crippen molar-refractivity contribution in [1.82, 2.24) is 0 Å². The fraction of sp³-hybridized carbons (Fsp3) is 0.278. The largest absolute Gasteiger partial charge is 0.501 e. The summed E-state index contributed by atoms with van der Waals surface area (Å²) in [6.07, 6.45) is 0. The lowest BCUT2D eigenvalue weighted by Gasteiger charge is -2.18. The molecule has 0 fully saturated rings. The summed E-state index contributed by atoms with van der Waals surface area (Å²) >= 11 is 1.16. The number of methoxy groups -OCH3 is 1. The lowest BCUT2D eigenvalue weighted by molar-refractivity contribution is -0.113. The molecule has 0 saturated heterocycles. The van der Waals surface area contributed by atoms with E-state index in [1.807, 2.05) is 0 Å². The minimum absolute atomic E-state index is 0.0220. The number of anilines is 1. The van der Waals surface area contributed by atoms with Crippen LogP contribution in [0.4, 0.5) is 18.9 Å². The zero-order valence-electron chi connectivity index (χ0n) is 15.5. The van der Waals surface area contributed by atoms with E-state index in [0.717, 1.165) is 28.8 Å². The number of thioether (sulfide) groups is 1. The molecular formula is C18H16F3NO6S2. The highest BCUT2D eigenvalue weighted by molar-refractivity contribution is 8.00. The molecule has 1 aliphatic heterocycles. The lowest BCUT2D eigenvalue weighted by Crippen LogP contribution is -2.23. The molecule has 1 amide bonds. The smallest absolute Gasteiger partial charge is 0.495 e. The molecule has 2 aromatic rings. The fourth-order valence-electron chi connectivity index (χ4n) is 2.53. The van der Waals surface area contributed by atoms with E-state index in [0.29, 0.717) is 30.8 Å². The molecular weight excluding hydrogens is 447 g/mol.